The second-order valence-electron chi connectivity index (χ2n) is 7.80. The molecular formula is C20H24F3O8S-. The Bertz CT molecular complexity index is 935. The van der Waals surface area contributed by atoms with E-state index in [0.717, 1.165) is 25.0 Å². The topological polar surface area (TPSA) is 119 Å². The van der Waals surface area contributed by atoms with Crippen molar-refractivity contribution < 1.29 is 49.9 Å². The maximum absolute atomic E-state index is 13.5. The molecule has 0 aromatic heterocycles. The number of rotatable bonds is 9. The van der Waals surface area contributed by atoms with Gasteiger partial charge in [0, 0.05) is 0 Å². The van der Waals surface area contributed by atoms with Crippen molar-refractivity contribution >= 4 is 22.1 Å². The van der Waals surface area contributed by atoms with Crippen LogP contribution in [0.1, 0.15) is 55.5 Å². The van der Waals surface area contributed by atoms with Gasteiger partial charge in [0.2, 0.25) is 0 Å². The number of alkyl halides is 3. The number of hydrogen-bond donors (Lipinski definition) is 0. The van der Waals surface area contributed by atoms with E-state index in [4.69, 9.17) is 9.47 Å². The number of benzene rings is 1. The molecule has 8 nitrogen and oxygen atoms in total. The monoisotopic (exact) mass is 481 g/mol. The smallest absolute Gasteiger partial charge is 0.419 e. The molecule has 0 unspecified atom stereocenters. The second-order valence-corrected chi connectivity index (χ2v) is 9.32. The molecule has 1 fully saturated rings. The Hall–Kier alpha value is -2.34. The maximum atomic E-state index is 13.5. The lowest BCUT2D eigenvalue weighted by molar-refractivity contribution is -0.146. The van der Waals surface area contributed by atoms with Crippen molar-refractivity contribution in [3.05, 3.63) is 29.3 Å². The first kappa shape index (κ1) is 25.9. The molecule has 1 aliphatic carbocycles. The Morgan fingerprint density at radius 3 is 2.31 bits per heavy atom. The van der Waals surface area contributed by atoms with E-state index < -0.39 is 64.1 Å². The second kappa shape index (κ2) is 10.1. The summed E-state index contributed by atoms with van der Waals surface area (Å²) in [5.41, 5.74) is -2.08. The van der Waals surface area contributed by atoms with Gasteiger partial charge in [0.1, 0.15) is 18.0 Å². The van der Waals surface area contributed by atoms with Crippen LogP contribution in [-0.4, -0.2) is 49.5 Å². The quantitative estimate of drug-likeness (QED) is 0.389. The highest BCUT2D eigenvalue weighted by molar-refractivity contribution is 7.85. The summed E-state index contributed by atoms with van der Waals surface area (Å²) in [5.74, 6) is -3.71. The number of hydrogen-bond acceptors (Lipinski definition) is 8. The third-order valence-electron chi connectivity index (χ3n) is 5.26. The van der Waals surface area contributed by atoms with Gasteiger partial charge < -0.3 is 18.8 Å². The summed E-state index contributed by atoms with van der Waals surface area (Å²) in [6.07, 6.45) is -1.91. The number of esters is 2. The van der Waals surface area contributed by atoms with Gasteiger partial charge in [0.25, 0.3) is 0 Å². The Morgan fingerprint density at radius 1 is 1.16 bits per heavy atom. The van der Waals surface area contributed by atoms with Gasteiger partial charge in [-0.15, -0.1) is 0 Å². The van der Waals surface area contributed by atoms with E-state index in [1.807, 2.05) is 13.8 Å². The third-order valence-corrected chi connectivity index (χ3v) is 5.92. The largest absolute Gasteiger partial charge is 0.748 e. The molecule has 0 saturated heterocycles. The molecule has 1 aliphatic rings. The third kappa shape index (κ3) is 7.09. The molecule has 2 rings (SSSR count). The zero-order chi connectivity index (χ0) is 24.2. The Labute approximate surface area is 183 Å². The fraction of sp³-hybridized carbons (Fsp3) is 0.600. The highest BCUT2D eigenvalue weighted by Gasteiger charge is 2.42. The summed E-state index contributed by atoms with van der Waals surface area (Å²) < 4.78 is 87.0. The molecule has 0 spiro atoms. The molecule has 32 heavy (non-hydrogen) atoms. The van der Waals surface area contributed by atoms with Crippen LogP contribution in [0.5, 0.6) is 5.75 Å². The lowest BCUT2D eigenvalue weighted by Gasteiger charge is -2.35. The fourth-order valence-electron chi connectivity index (χ4n) is 3.46. The lowest BCUT2D eigenvalue weighted by Crippen LogP contribution is -2.39. The molecule has 1 saturated carbocycles. The van der Waals surface area contributed by atoms with Crippen molar-refractivity contribution in [3.8, 4) is 5.75 Å². The van der Waals surface area contributed by atoms with Crippen LogP contribution in [0, 0.1) is 5.92 Å². The van der Waals surface area contributed by atoms with Crippen molar-refractivity contribution in [2.24, 2.45) is 5.92 Å². The summed E-state index contributed by atoms with van der Waals surface area (Å²) in [6, 6.07) is 2.55. The van der Waals surface area contributed by atoms with Crippen molar-refractivity contribution in [3.63, 3.8) is 0 Å². The molecular weight excluding hydrogens is 457 g/mol. The van der Waals surface area contributed by atoms with E-state index in [2.05, 4.69) is 4.74 Å². The standard InChI is InChI=1S/C20H25F3O8S/c1-13(2)19(7-3-4-8-19)31-16-11-14(5-6-15(16)20(21,22)23)18(25)30-12-17(24)29-9-10-32(26,27)28/h5-6,11,13H,3-4,7-10,12H2,1-2H3,(H,26,27,28)/p-1. The molecule has 0 heterocycles. The molecule has 180 valence electrons. The first-order chi connectivity index (χ1) is 14.7. The van der Waals surface area contributed by atoms with Gasteiger partial charge in [0.05, 0.1) is 27.0 Å². The van der Waals surface area contributed by atoms with Crippen LogP contribution in [0.4, 0.5) is 13.2 Å². The normalized spacial score (nSPS) is 16.1. The minimum atomic E-state index is -4.71. The summed E-state index contributed by atoms with van der Waals surface area (Å²) in [5, 5.41) is 0. The van der Waals surface area contributed by atoms with E-state index in [1.54, 1.807) is 0 Å². The van der Waals surface area contributed by atoms with Crippen molar-refractivity contribution in [1.29, 1.82) is 0 Å². The van der Waals surface area contributed by atoms with Crippen LogP contribution in [0.25, 0.3) is 0 Å². The SMILES string of the molecule is CC(C)C1(Oc2cc(C(=O)OCC(=O)OCCS(=O)(=O)[O-])ccc2C(F)(F)F)CCCC1. The summed E-state index contributed by atoms with van der Waals surface area (Å²) >= 11 is 0. The van der Waals surface area contributed by atoms with E-state index >= 15 is 0 Å². The van der Waals surface area contributed by atoms with Crippen LogP contribution < -0.4 is 4.74 Å². The van der Waals surface area contributed by atoms with E-state index in [9.17, 15) is 35.7 Å². The highest BCUT2D eigenvalue weighted by Crippen LogP contribution is 2.44. The molecule has 0 N–H and O–H groups in total. The van der Waals surface area contributed by atoms with Crippen LogP contribution >= 0.6 is 0 Å². The molecule has 0 radical (unpaired) electrons. The van der Waals surface area contributed by atoms with Crippen LogP contribution in [0.2, 0.25) is 0 Å². The molecule has 0 atom stereocenters. The highest BCUT2D eigenvalue weighted by atomic mass is 32.2. The average molecular weight is 481 g/mol. The Balaban J connectivity index is 2.14. The molecule has 12 heteroatoms. The summed E-state index contributed by atoms with van der Waals surface area (Å²) in [4.78, 5) is 23.7. The Kier molecular flexibility index (Phi) is 8.16. The van der Waals surface area contributed by atoms with E-state index in [-0.39, 0.29) is 11.5 Å². The minimum absolute atomic E-state index is 0.0607. The van der Waals surface area contributed by atoms with Gasteiger partial charge in [-0.2, -0.15) is 13.2 Å². The van der Waals surface area contributed by atoms with Gasteiger partial charge in [-0.25, -0.2) is 18.0 Å². The number of ether oxygens (including phenoxy) is 3. The van der Waals surface area contributed by atoms with Gasteiger partial charge in [-0.1, -0.05) is 13.8 Å². The van der Waals surface area contributed by atoms with E-state index in [1.165, 1.54) is 0 Å². The van der Waals surface area contributed by atoms with Crippen molar-refractivity contribution in [1.82, 2.24) is 0 Å². The van der Waals surface area contributed by atoms with Crippen molar-refractivity contribution in [2.45, 2.75) is 51.3 Å². The van der Waals surface area contributed by atoms with Gasteiger partial charge in [-0.3, -0.25) is 0 Å². The van der Waals surface area contributed by atoms with Crippen LogP contribution in [0.15, 0.2) is 18.2 Å². The van der Waals surface area contributed by atoms with Crippen molar-refractivity contribution in [2.75, 3.05) is 19.0 Å². The first-order valence-corrected chi connectivity index (χ1v) is 11.5. The molecule has 0 aliphatic heterocycles. The predicted octanol–water partition coefficient (Wildman–Crippen LogP) is 3.30. The molecule has 0 bridgehead atoms. The van der Waals surface area contributed by atoms with Crippen LogP contribution in [-0.2, 0) is 30.6 Å². The van der Waals surface area contributed by atoms with Gasteiger partial charge >= 0.3 is 18.1 Å². The minimum Gasteiger partial charge on any atom is -0.748 e. The number of halogens is 3. The molecule has 1 aromatic carbocycles. The average Bonchev–Trinajstić information content (AvgIpc) is 3.14. The lowest BCUT2D eigenvalue weighted by atomic mass is 9.88. The zero-order valence-corrected chi connectivity index (χ0v) is 18.4. The zero-order valence-electron chi connectivity index (χ0n) is 17.6. The summed E-state index contributed by atoms with van der Waals surface area (Å²) in [7, 11) is -4.58. The molecule has 0 amide bonds. The fourth-order valence-corrected chi connectivity index (χ4v) is 3.75. The maximum Gasteiger partial charge on any atom is 0.419 e. The summed E-state index contributed by atoms with van der Waals surface area (Å²) in [6.45, 7) is 2.10. The predicted molar refractivity (Wildman–Crippen MR) is 104 cm³/mol. The van der Waals surface area contributed by atoms with Gasteiger partial charge in [0.15, 0.2) is 6.61 Å². The van der Waals surface area contributed by atoms with Crippen LogP contribution in [0.3, 0.4) is 0 Å². The number of carbonyl (C=O) groups excluding carboxylic acids is 2. The van der Waals surface area contributed by atoms with E-state index in [0.29, 0.717) is 18.9 Å². The molecule has 1 aromatic rings. The first-order valence-electron chi connectivity index (χ1n) is 9.90. The number of carbonyl (C=O) groups is 2. The Morgan fingerprint density at radius 2 is 1.78 bits per heavy atom. The van der Waals surface area contributed by atoms with Gasteiger partial charge in [-0.05, 0) is 49.8 Å².